The zero-order valence-corrected chi connectivity index (χ0v) is 10.7. The Balaban J connectivity index is 2.47. The summed E-state index contributed by atoms with van der Waals surface area (Å²) >= 11 is 1.25. The number of aryl methyl sites for hydroxylation is 1. The molecule has 1 N–H and O–H groups in total. The van der Waals surface area contributed by atoms with Gasteiger partial charge in [-0.3, -0.25) is 0 Å². The first-order valence-electron chi connectivity index (χ1n) is 5.54. The number of nitrogens with zero attached hydrogens (tertiary/aromatic N) is 2. The third kappa shape index (κ3) is 5.45. The van der Waals surface area contributed by atoms with Crippen LogP contribution in [0, 0.1) is 0 Å². The van der Waals surface area contributed by atoms with Crippen molar-refractivity contribution in [3.8, 4) is 0 Å². The molecule has 0 aliphatic heterocycles. The standard InChI is InChI=1S/C10H16F3N3S/c1-3-6-14-7(2)9-16-15-8(17-9)4-5-10(11,12)13/h7,14H,3-6H2,1-2H3. The molecule has 0 saturated heterocycles. The van der Waals surface area contributed by atoms with E-state index in [-0.39, 0.29) is 12.5 Å². The first-order valence-corrected chi connectivity index (χ1v) is 6.36. The summed E-state index contributed by atoms with van der Waals surface area (Å²) in [5.41, 5.74) is 0. The molecule has 0 radical (unpaired) electrons. The topological polar surface area (TPSA) is 37.8 Å². The fourth-order valence-electron chi connectivity index (χ4n) is 1.24. The number of hydrogen-bond acceptors (Lipinski definition) is 4. The van der Waals surface area contributed by atoms with Crippen molar-refractivity contribution >= 4 is 11.3 Å². The van der Waals surface area contributed by atoms with E-state index in [0.717, 1.165) is 18.0 Å². The fraction of sp³-hybridized carbons (Fsp3) is 0.800. The van der Waals surface area contributed by atoms with Crippen molar-refractivity contribution in [3.05, 3.63) is 10.0 Å². The normalized spacial score (nSPS) is 13.9. The lowest BCUT2D eigenvalue weighted by Gasteiger charge is -2.08. The zero-order chi connectivity index (χ0) is 12.9. The van der Waals surface area contributed by atoms with E-state index in [9.17, 15) is 13.2 Å². The molecular formula is C10H16F3N3S. The predicted molar refractivity (Wildman–Crippen MR) is 61.0 cm³/mol. The van der Waals surface area contributed by atoms with Crippen LogP contribution in [-0.2, 0) is 6.42 Å². The maximum absolute atomic E-state index is 12.0. The van der Waals surface area contributed by atoms with Gasteiger partial charge in [0.2, 0.25) is 0 Å². The molecule has 1 heterocycles. The van der Waals surface area contributed by atoms with Crippen LogP contribution in [0.5, 0.6) is 0 Å². The molecule has 0 saturated carbocycles. The van der Waals surface area contributed by atoms with E-state index < -0.39 is 12.6 Å². The monoisotopic (exact) mass is 267 g/mol. The maximum atomic E-state index is 12.0. The second-order valence-electron chi connectivity index (χ2n) is 3.83. The molecule has 0 aliphatic rings. The van der Waals surface area contributed by atoms with Crippen molar-refractivity contribution < 1.29 is 13.2 Å². The Morgan fingerprint density at radius 1 is 1.35 bits per heavy atom. The van der Waals surface area contributed by atoms with Crippen molar-refractivity contribution in [1.29, 1.82) is 0 Å². The van der Waals surface area contributed by atoms with Crippen LogP contribution in [0.3, 0.4) is 0 Å². The van der Waals surface area contributed by atoms with Gasteiger partial charge in [0.15, 0.2) is 0 Å². The highest BCUT2D eigenvalue weighted by atomic mass is 32.1. The molecule has 0 fully saturated rings. The number of rotatable bonds is 6. The quantitative estimate of drug-likeness (QED) is 0.860. The van der Waals surface area contributed by atoms with Gasteiger partial charge in [-0.15, -0.1) is 10.2 Å². The van der Waals surface area contributed by atoms with Gasteiger partial charge in [-0.2, -0.15) is 13.2 Å². The van der Waals surface area contributed by atoms with E-state index in [0.29, 0.717) is 5.01 Å². The Hall–Kier alpha value is -0.690. The summed E-state index contributed by atoms with van der Waals surface area (Å²) in [7, 11) is 0. The molecule has 0 spiro atoms. The van der Waals surface area contributed by atoms with Crippen LogP contribution in [0.15, 0.2) is 0 Å². The van der Waals surface area contributed by atoms with Gasteiger partial charge in [-0.1, -0.05) is 18.3 Å². The second kappa shape index (κ2) is 6.30. The van der Waals surface area contributed by atoms with E-state index in [1.54, 1.807) is 0 Å². The minimum atomic E-state index is -4.13. The van der Waals surface area contributed by atoms with Gasteiger partial charge in [0.05, 0.1) is 6.04 Å². The van der Waals surface area contributed by atoms with Crippen molar-refractivity contribution in [2.45, 2.75) is 45.3 Å². The smallest absolute Gasteiger partial charge is 0.308 e. The number of alkyl halides is 3. The first-order chi connectivity index (χ1) is 7.92. The summed E-state index contributed by atoms with van der Waals surface area (Å²) in [6.45, 7) is 4.84. The molecule has 3 nitrogen and oxygen atoms in total. The Labute approximate surface area is 102 Å². The van der Waals surface area contributed by atoms with E-state index in [4.69, 9.17) is 0 Å². The highest BCUT2D eigenvalue weighted by Crippen LogP contribution is 2.24. The molecular weight excluding hydrogens is 251 g/mol. The average molecular weight is 267 g/mol. The van der Waals surface area contributed by atoms with E-state index in [1.807, 2.05) is 6.92 Å². The Bertz CT molecular complexity index is 338. The number of aromatic nitrogens is 2. The summed E-state index contributed by atoms with van der Waals surface area (Å²) in [6.07, 6.45) is -4.04. The van der Waals surface area contributed by atoms with Crippen LogP contribution in [0.1, 0.15) is 42.7 Å². The lowest BCUT2D eigenvalue weighted by Crippen LogP contribution is -2.19. The Kier molecular flexibility index (Phi) is 5.32. The van der Waals surface area contributed by atoms with Crippen molar-refractivity contribution in [3.63, 3.8) is 0 Å². The highest BCUT2D eigenvalue weighted by Gasteiger charge is 2.27. The van der Waals surface area contributed by atoms with Gasteiger partial charge in [-0.05, 0) is 19.9 Å². The summed E-state index contributed by atoms with van der Waals surface area (Å²) < 4.78 is 36.1. The molecule has 1 aromatic rings. The van der Waals surface area contributed by atoms with Crippen LogP contribution >= 0.6 is 11.3 Å². The van der Waals surface area contributed by atoms with Crippen LogP contribution in [-0.4, -0.2) is 22.9 Å². The summed E-state index contributed by atoms with van der Waals surface area (Å²) in [5.74, 6) is 0. The van der Waals surface area contributed by atoms with E-state index in [1.165, 1.54) is 11.3 Å². The highest BCUT2D eigenvalue weighted by molar-refractivity contribution is 7.11. The van der Waals surface area contributed by atoms with Gasteiger partial charge >= 0.3 is 6.18 Å². The molecule has 7 heteroatoms. The van der Waals surface area contributed by atoms with Gasteiger partial charge in [0.25, 0.3) is 0 Å². The number of halogens is 3. The van der Waals surface area contributed by atoms with Crippen molar-refractivity contribution in [1.82, 2.24) is 15.5 Å². The first kappa shape index (κ1) is 14.4. The third-order valence-electron chi connectivity index (χ3n) is 2.18. The predicted octanol–water partition coefficient (Wildman–Crippen LogP) is 3.09. The van der Waals surface area contributed by atoms with Crippen molar-refractivity contribution in [2.24, 2.45) is 0 Å². The largest absolute Gasteiger partial charge is 0.389 e. The summed E-state index contributed by atoms with van der Waals surface area (Å²) in [6, 6.07) is 0.0482. The second-order valence-corrected chi connectivity index (χ2v) is 4.92. The molecule has 0 bridgehead atoms. The number of hydrogen-bond donors (Lipinski definition) is 1. The molecule has 1 atom stereocenters. The third-order valence-corrected chi connectivity index (χ3v) is 3.34. The average Bonchev–Trinajstić information content (AvgIpc) is 2.70. The van der Waals surface area contributed by atoms with Crippen LogP contribution < -0.4 is 5.32 Å². The van der Waals surface area contributed by atoms with Gasteiger partial charge < -0.3 is 5.32 Å². The van der Waals surface area contributed by atoms with Crippen LogP contribution in [0.4, 0.5) is 13.2 Å². The Morgan fingerprint density at radius 2 is 2.06 bits per heavy atom. The lowest BCUT2D eigenvalue weighted by molar-refractivity contribution is -0.134. The van der Waals surface area contributed by atoms with Crippen LogP contribution in [0.2, 0.25) is 0 Å². The zero-order valence-electron chi connectivity index (χ0n) is 9.84. The minimum absolute atomic E-state index is 0.0482. The molecule has 0 aromatic carbocycles. The molecule has 1 unspecified atom stereocenters. The lowest BCUT2D eigenvalue weighted by atomic mass is 10.3. The van der Waals surface area contributed by atoms with Gasteiger partial charge in [0.1, 0.15) is 10.0 Å². The molecule has 17 heavy (non-hydrogen) atoms. The minimum Gasteiger partial charge on any atom is -0.308 e. The summed E-state index contributed by atoms with van der Waals surface area (Å²) in [5, 5.41) is 12.1. The van der Waals surface area contributed by atoms with E-state index >= 15 is 0 Å². The van der Waals surface area contributed by atoms with Crippen LogP contribution in [0.25, 0.3) is 0 Å². The molecule has 1 aromatic heterocycles. The number of nitrogens with one attached hydrogen (secondary N) is 1. The molecule has 0 amide bonds. The van der Waals surface area contributed by atoms with Gasteiger partial charge in [-0.25, -0.2) is 0 Å². The molecule has 0 aliphatic carbocycles. The van der Waals surface area contributed by atoms with E-state index in [2.05, 4.69) is 22.4 Å². The molecule has 1 rings (SSSR count). The van der Waals surface area contributed by atoms with Crippen molar-refractivity contribution in [2.75, 3.05) is 6.54 Å². The Morgan fingerprint density at radius 3 is 2.65 bits per heavy atom. The molecule has 98 valence electrons. The van der Waals surface area contributed by atoms with Gasteiger partial charge in [0, 0.05) is 12.8 Å². The summed E-state index contributed by atoms with van der Waals surface area (Å²) in [4.78, 5) is 0. The fourth-order valence-corrected chi connectivity index (χ4v) is 2.11. The maximum Gasteiger partial charge on any atom is 0.389 e. The SMILES string of the molecule is CCCNC(C)c1nnc(CCC(F)(F)F)s1.